The average molecular weight is 1330 g/mol. The number of fused-ring (bicyclic) bond motifs is 2. The minimum Gasteiger partial charge on any atom is -0.445 e. The zero-order valence-electron chi connectivity index (χ0n) is 49.7. The molecule has 0 spiro atoms. The Morgan fingerprint density at radius 1 is 0.527 bits per heavy atom. The van der Waals surface area contributed by atoms with Gasteiger partial charge >= 0.3 is 12.2 Å². The summed E-state index contributed by atoms with van der Waals surface area (Å²) >= 11 is 13.1. The van der Waals surface area contributed by atoms with E-state index in [1.807, 2.05) is 113 Å². The topological polar surface area (TPSA) is 230 Å². The van der Waals surface area contributed by atoms with Gasteiger partial charge in [0, 0.05) is 116 Å². The summed E-state index contributed by atoms with van der Waals surface area (Å²) < 4.78 is 39.4. The molecule has 8 heterocycles. The summed E-state index contributed by atoms with van der Waals surface area (Å²) in [6, 6.07) is 42.6. The monoisotopic (exact) mass is 1320 g/mol. The van der Waals surface area contributed by atoms with E-state index in [1.54, 1.807) is 64.7 Å². The van der Waals surface area contributed by atoms with Crippen molar-refractivity contribution in [3.8, 4) is 22.5 Å². The lowest BCUT2D eigenvalue weighted by Crippen LogP contribution is -2.44. The Hall–Kier alpha value is -8.35. The summed E-state index contributed by atoms with van der Waals surface area (Å²) in [4.78, 5) is 80.6. The van der Waals surface area contributed by atoms with Crippen LogP contribution in [0.3, 0.4) is 0 Å². The Bertz CT molecular complexity index is 4120. The van der Waals surface area contributed by atoms with Crippen LogP contribution in [0.2, 0.25) is 10.0 Å². The molecular formula is C66H70Cl2N12O8S3. The molecule has 0 saturated carbocycles. The Kier molecular flexibility index (Phi) is 21.4. The van der Waals surface area contributed by atoms with Crippen LogP contribution in [0.5, 0.6) is 0 Å². The number of benzene rings is 5. The number of nitrogens with zero attached hydrogens (tertiary/aromatic N) is 9. The number of amides is 4. The van der Waals surface area contributed by atoms with Gasteiger partial charge in [0.2, 0.25) is 23.7 Å². The molecule has 5 aromatic carbocycles. The van der Waals surface area contributed by atoms with Gasteiger partial charge in [-0.3, -0.25) is 9.59 Å². The molecular weight excluding hydrogens is 1260 g/mol. The summed E-state index contributed by atoms with van der Waals surface area (Å²) in [5.74, 6) is 0.830. The maximum atomic E-state index is 13.6. The number of hydrogen-bond acceptors (Lipinski definition) is 14. The number of hydrogen-bond donors (Lipinski definition) is 3. The minimum absolute atomic E-state index is 0. The van der Waals surface area contributed by atoms with E-state index in [1.165, 1.54) is 10.2 Å². The van der Waals surface area contributed by atoms with E-state index in [0.29, 0.717) is 129 Å². The van der Waals surface area contributed by atoms with Crippen molar-refractivity contribution in [2.75, 3.05) is 63.0 Å². The number of anilines is 2. The van der Waals surface area contributed by atoms with Gasteiger partial charge in [-0.25, -0.2) is 41.9 Å². The number of H-pyrrole nitrogens is 1. The van der Waals surface area contributed by atoms with Crippen LogP contribution < -0.4 is 10.6 Å². The van der Waals surface area contributed by atoms with E-state index >= 15 is 0 Å². The van der Waals surface area contributed by atoms with Crippen molar-refractivity contribution >= 4 is 118 Å². The summed E-state index contributed by atoms with van der Waals surface area (Å²) in [5, 5.41) is 9.25. The predicted octanol–water partition coefficient (Wildman–Crippen LogP) is 11.6. The second kappa shape index (κ2) is 29.7. The molecule has 25 heteroatoms. The number of carbonyl (C=O) groups excluding carboxylic acids is 4. The van der Waals surface area contributed by atoms with Gasteiger partial charge in [0.25, 0.3) is 10.0 Å². The zero-order valence-corrected chi connectivity index (χ0v) is 54.0. The third kappa shape index (κ3) is 15.2. The normalized spacial score (nSPS) is 16.9. The number of carbonyl (C=O) groups is 4. The number of para-hydroxylation sites is 2. The van der Waals surface area contributed by atoms with Crippen molar-refractivity contribution < 1.29 is 37.1 Å². The molecule has 4 saturated heterocycles. The summed E-state index contributed by atoms with van der Waals surface area (Å²) in [5.41, 5.74) is 5.95. The molecule has 4 fully saturated rings. The number of nitrogens with one attached hydrogen (secondary N) is 3. The first kappa shape index (κ1) is 65.6. The second-order valence-electron chi connectivity index (χ2n) is 22.6. The van der Waals surface area contributed by atoms with E-state index in [9.17, 15) is 27.6 Å². The summed E-state index contributed by atoms with van der Waals surface area (Å²) in [6.07, 6.45) is 9.88. The Morgan fingerprint density at radius 3 is 1.46 bits per heavy atom. The van der Waals surface area contributed by atoms with E-state index in [-0.39, 0.29) is 98.0 Å². The van der Waals surface area contributed by atoms with E-state index in [2.05, 4.69) is 25.6 Å². The van der Waals surface area contributed by atoms with Crippen molar-refractivity contribution in [3.05, 3.63) is 185 Å². The molecule has 2 atom stereocenters. The van der Waals surface area contributed by atoms with Gasteiger partial charge in [0.1, 0.15) is 13.2 Å². The second-order valence-corrected chi connectivity index (χ2v) is 25.3. The number of aromatic amines is 1. The smallest absolute Gasteiger partial charge is 0.410 e. The third-order valence-electron chi connectivity index (χ3n) is 16.8. The first-order valence-electron chi connectivity index (χ1n) is 29.9. The van der Waals surface area contributed by atoms with Crippen LogP contribution in [-0.4, -0.2) is 145 Å². The number of piperidine rings is 2. The molecule has 4 amide bonds. The Labute approximate surface area is 551 Å². The van der Waals surface area contributed by atoms with Gasteiger partial charge < -0.3 is 44.7 Å². The minimum atomic E-state index is -3.89. The molecule has 4 aliphatic rings. The molecule has 4 aliphatic heterocycles. The third-order valence-corrected chi connectivity index (χ3v) is 19.1. The van der Waals surface area contributed by atoms with Gasteiger partial charge in [-0.2, -0.15) is 27.0 Å². The van der Waals surface area contributed by atoms with Crippen LogP contribution in [0.25, 0.3) is 44.3 Å². The molecule has 0 aliphatic carbocycles. The number of ether oxygens (including phenoxy) is 2. The van der Waals surface area contributed by atoms with Crippen molar-refractivity contribution in [3.63, 3.8) is 0 Å². The van der Waals surface area contributed by atoms with E-state index < -0.39 is 10.0 Å². The van der Waals surface area contributed by atoms with Crippen LogP contribution in [0, 0.1) is 11.8 Å². The molecule has 9 aromatic rings. The first-order chi connectivity index (χ1) is 43.3. The van der Waals surface area contributed by atoms with Gasteiger partial charge in [0.05, 0.1) is 44.2 Å². The average Bonchev–Trinajstić information content (AvgIpc) is 1.62. The fourth-order valence-electron chi connectivity index (χ4n) is 12.0. The quantitative estimate of drug-likeness (QED) is 0.0920. The fourth-order valence-corrected chi connectivity index (χ4v) is 13.8. The van der Waals surface area contributed by atoms with Gasteiger partial charge in [0.15, 0.2) is 0 Å². The lowest BCUT2D eigenvalue weighted by Gasteiger charge is -2.32. The fraction of sp³-hybridized carbons (Fsp3) is 0.303. The van der Waals surface area contributed by atoms with E-state index in [4.69, 9.17) is 42.6 Å². The first-order valence-corrected chi connectivity index (χ1v) is 32.1. The standard InChI is InChI=1S/C36H35ClN6O5S.C30H31ClN6O3.2H2S/c37-31-21-38-35(40-33(31)30-23-43(32-14-8-7-13-29(30)32)49(46,47)28-11-5-2-6-12-28)39-27-17-20-42(22-27)34(44)26-15-18-41(19-16-26)36(45)48-24-25-9-3-1-4-10-25;31-25-17-33-29(35-27(25)24-16-32-26-9-5-4-8-23(24)26)34-22-12-15-37(18-22)28(38)21-10-13-36(14-11-21)30(39)40-19-20-6-2-1-3-7-20;;/h1-14,21,23,26-27H,15-20,22,24H2,(H,38,39,40);1-9,16-17,21-22,32H,10-15,18-19H2,(H,33,34,35);2*1H2/t27-;22-;;/m00../s1. The maximum absolute atomic E-state index is 13.6. The van der Waals surface area contributed by atoms with Crippen LogP contribution in [-0.2, 0) is 42.3 Å². The number of rotatable bonds is 14. The van der Waals surface area contributed by atoms with Crippen molar-refractivity contribution in [1.82, 2.24) is 48.5 Å². The molecule has 13 rings (SSSR count). The van der Waals surface area contributed by atoms with Crippen molar-refractivity contribution in [1.29, 1.82) is 0 Å². The highest BCUT2D eigenvalue weighted by molar-refractivity contribution is 7.90. The summed E-state index contributed by atoms with van der Waals surface area (Å²) in [7, 11) is -3.89. The number of aromatic nitrogens is 6. The lowest BCUT2D eigenvalue weighted by molar-refractivity contribution is -0.136. The Balaban J connectivity index is 0.000000199. The maximum Gasteiger partial charge on any atom is 0.410 e. The molecule has 91 heavy (non-hydrogen) atoms. The van der Waals surface area contributed by atoms with Crippen LogP contribution in [0.15, 0.2) is 169 Å². The summed E-state index contributed by atoms with van der Waals surface area (Å²) in [6.45, 7) is 4.83. The SMILES string of the molecule is O=C(OCc1ccccc1)N1CCC(C(=O)N2CC[C@H](Nc3ncc(Cl)c(-c4c[nH]c5ccccc45)n3)C2)CC1.O=C(OCc1ccccc1)N1CCC(C(=O)N2CC[C@H](Nc3ncc(Cl)c(-c4cn(S(=O)(=O)c5ccccc5)c5ccccc45)n3)C2)CC1.S.S. The van der Waals surface area contributed by atoms with Crippen molar-refractivity contribution in [2.24, 2.45) is 11.8 Å². The molecule has 0 bridgehead atoms. The predicted molar refractivity (Wildman–Crippen MR) is 361 cm³/mol. The highest BCUT2D eigenvalue weighted by Crippen LogP contribution is 2.37. The van der Waals surface area contributed by atoms with Gasteiger partial charge in [-0.05, 0) is 73.9 Å². The van der Waals surface area contributed by atoms with Crippen LogP contribution >= 0.6 is 50.2 Å². The number of likely N-dealkylation sites (tertiary alicyclic amines) is 4. The zero-order chi connectivity index (χ0) is 61.4. The van der Waals surface area contributed by atoms with E-state index in [0.717, 1.165) is 34.0 Å². The largest absolute Gasteiger partial charge is 0.445 e. The molecule has 0 unspecified atom stereocenters. The van der Waals surface area contributed by atoms with Crippen molar-refractivity contribution in [2.45, 2.75) is 68.7 Å². The molecule has 20 nitrogen and oxygen atoms in total. The Morgan fingerprint density at radius 2 is 0.956 bits per heavy atom. The van der Waals surface area contributed by atoms with Crippen LogP contribution in [0.4, 0.5) is 21.5 Å². The van der Waals surface area contributed by atoms with Crippen LogP contribution in [0.1, 0.15) is 49.7 Å². The highest BCUT2D eigenvalue weighted by atomic mass is 35.5. The lowest BCUT2D eigenvalue weighted by atomic mass is 9.95. The van der Waals surface area contributed by atoms with Gasteiger partial charge in [-0.1, -0.05) is 138 Å². The molecule has 474 valence electrons. The molecule has 3 N–H and O–H groups in total. The molecule has 4 aromatic heterocycles. The molecule has 0 radical (unpaired) electrons. The van der Waals surface area contributed by atoms with Gasteiger partial charge in [-0.15, -0.1) is 0 Å². The number of halogens is 2. The highest BCUT2D eigenvalue weighted by Gasteiger charge is 2.37.